The van der Waals surface area contributed by atoms with Crippen molar-refractivity contribution in [2.75, 3.05) is 0 Å². The van der Waals surface area contributed by atoms with Crippen LogP contribution in [0.15, 0.2) is 22.6 Å². The predicted molar refractivity (Wildman–Crippen MR) is 111 cm³/mol. The van der Waals surface area contributed by atoms with Gasteiger partial charge in [0.25, 0.3) is 0 Å². The van der Waals surface area contributed by atoms with E-state index in [1.807, 2.05) is 45.9 Å². The van der Waals surface area contributed by atoms with Gasteiger partial charge in [0.1, 0.15) is 42.6 Å². The zero-order valence-electron chi connectivity index (χ0n) is 15.3. The maximum absolute atomic E-state index is 6.27. The molecule has 4 rings (SSSR count). The second kappa shape index (κ2) is 5.49. The van der Waals surface area contributed by atoms with Crippen LogP contribution in [0.2, 0.25) is 0 Å². The molecule has 0 amide bonds. The lowest BCUT2D eigenvalue weighted by Crippen LogP contribution is -2.47. The van der Waals surface area contributed by atoms with E-state index < -0.39 is 18.3 Å². The summed E-state index contributed by atoms with van der Waals surface area (Å²) in [5, 5.41) is 1.41. The summed E-state index contributed by atoms with van der Waals surface area (Å²) in [6, 6.07) is 5.65. The van der Waals surface area contributed by atoms with E-state index in [1.165, 1.54) is 0 Å². The van der Waals surface area contributed by atoms with Crippen LogP contribution in [0, 0.1) is 0 Å². The molecule has 0 bridgehead atoms. The fourth-order valence-corrected chi connectivity index (χ4v) is 3.34. The van der Waals surface area contributed by atoms with Gasteiger partial charge < -0.3 is 13.7 Å². The van der Waals surface area contributed by atoms with Gasteiger partial charge in [-0.3, -0.25) is 0 Å². The maximum Gasteiger partial charge on any atom is 0.495 e. The fourth-order valence-electron chi connectivity index (χ4n) is 3.34. The van der Waals surface area contributed by atoms with Gasteiger partial charge in [-0.25, -0.2) is 0 Å². The minimum atomic E-state index is -0.566. The Kier molecular flexibility index (Phi) is 3.78. The topological polar surface area (TPSA) is 31.6 Å². The first-order valence-electron chi connectivity index (χ1n) is 8.48. The molecule has 2 aromatic carbocycles. The molecule has 1 saturated heterocycles. The summed E-state index contributed by atoms with van der Waals surface area (Å²) in [7, 11) is 23.8. The Bertz CT molecular complexity index is 1040. The third-order valence-electron chi connectivity index (χ3n) is 5.64. The molecule has 1 aliphatic rings. The van der Waals surface area contributed by atoms with Gasteiger partial charge in [0.2, 0.25) is 0 Å². The number of benzene rings is 2. The van der Waals surface area contributed by atoms with Crippen molar-refractivity contribution in [3.05, 3.63) is 18.2 Å². The molecular weight excluding hydrogens is 318 g/mol. The van der Waals surface area contributed by atoms with Crippen LogP contribution in [0.1, 0.15) is 27.7 Å². The SMILES string of the molecule is [B]c1c([B])c([B])c2c(oc3cccc(B4OC(C)(C)C(C)(C)O4)c32)c1[B]. The summed E-state index contributed by atoms with van der Waals surface area (Å²) >= 11 is 0. The molecule has 0 N–H and O–H groups in total. The van der Waals surface area contributed by atoms with Gasteiger partial charge in [0, 0.05) is 10.8 Å². The van der Waals surface area contributed by atoms with Gasteiger partial charge in [-0.2, -0.15) is 0 Å². The molecule has 0 spiro atoms. The van der Waals surface area contributed by atoms with E-state index in [4.69, 9.17) is 45.1 Å². The lowest BCUT2D eigenvalue weighted by molar-refractivity contribution is 0.00578. The average molecular weight is 333 g/mol. The van der Waals surface area contributed by atoms with E-state index >= 15 is 0 Å². The van der Waals surface area contributed by atoms with Gasteiger partial charge in [-0.05, 0) is 39.2 Å². The molecule has 0 saturated carbocycles. The van der Waals surface area contributed by atoms with E-state index in [9.17, 15) is 0 Å². The fraction of sp³-hybridized carbons (Fsp3) is 0.333. The van der Waals surface area contributed by atoms with Crippen molar-refractivity contribution < 1.29 is 13.7 Å². The minimum Gasteiger partial charge on any atom is -0.457 e. The smallest absolute Gasteiger partial charge is 0.457 e. The first-order chi connectivity index (χ1) is 12.0. The molecule has 1 fully saturated rings. The number of fused-ring (bicyclic) bond motifs is 3. The third kappa shape index (κ3) is 2.28. The van der Waals surface area contributed by atoms with Crippen molar-refractivity contribution in [3.8, 4) is 0 Å². The third-order valence-corrected chi connectivity index (χ3v) is 5.64. The molecule has 0 atom stereocenters. The first-order valence-corrected chi connectivity index (χ1v) is 8.48. The number of hydrogen-bond donors (Lipinski definition) is 0. The van der Waals surface area contributed by atoms with Crippen molar-refractivity contribution in [1.29, 1.82) is 0 Å². The highest BCUT2D eigenvalue weighted by atomic mass is 16.7. The summed E-state index contributed by atoms with van der Waals surface area (Å²) < 4.78 is 18.4. The molecule has 0 unspecified atom stereocenters. The highest BCUT2D eigenvalue weighted by molar-refractivity contribution is 6.70. The highest BCUT2D eigenvalue weighted by Gasteiger charge is 2.52. The van der Waals surface area contributed by atoms with Crippen LogP contribution in [0.5, 0.6) is 0 Å². The number of furan rings is 1. The van der Waals surface area contributed by atoms with Crippen LogP contribution in [-0.2, 0) is 9.31 Å². The van der Waals surface area contributed by atoms with Crippen molar-refractivity contribution >= 4 is 87.8 Å². The Labute approximate surface area is 158 Å². The molecule has 26 heavy (non-hydrogen) atoms. The highest BCUT2D eigenvalue weighted by Crippen LogP contribution is 2.37. The summed E-state index contributed by atoms with van der Waals surface area (Å²) in [6.07, 6.45) is 0. The van der Waals surface area contributed by atoms with E-state index in [-0.39, 0.29) is 16.4 Å². The van der Waals surface area contributed by atoms with Crippen LogP contribution in [-0.4, -0.2) is 49.7 Å². The standard InChI is InChI=1S/C18H15B5O3/c1-17(2)18(3,4)26-23(25-17)8-6-5-7-9-10(8)11-12(19)13(20)14(21)15(22)16(11)24-9/h5-7H,1-4H3. The van der Waals surface area contributed by atoms with Crippen LogP contribution < -0.4 is 27.3 Å². The normalized spacial score (nSPS) is 18.8. The van der Waals surface area contributed by atoms with Crippen LogP contribution >= 0.6 is 0 Å². The summed E-state index contributed by atoms with van der Waals surface area (Å²) in [5.74, 6) is 0. The molecule has 8 radical (unpaired) electrons. The second-order valence-electron chi connectivity index (χ2n) is 7.77. The minimum absolute atomic E-state index is 0.228. The molecule has 0 aliphatic carbocycles. The van der Waals surface area contributed by atoms with E-state index in [0.717, 1.165) is 10.8 Å². The van der Waals surface area contributed by atoms with E-state index in [0.29, 0.717) is 22.0 Å². The van der Waals surface area contributed by atoms with Gasteiger partial charge in [-0.1, -0.05) is 23.1 Å². The zero-order valence-corrected chi connectivity index (χ0v) is 15.3. The quantitative estimate of drug-likeness (QED) is 0.539. The summed E-state index contributed by atoms with van der Waals surface area (Å²) in [6.45, 7) is 8.02. The van der Waals surface area contributed by atoms with E-state index in [2.05, 4.69) is 0 Å². The van der Waals surface area contributed by atoms with Crippen molar-refractivity contribution in [3.63, 3.8) is 0 Å². The largest absolute Gasteiger partial charge is 0.495 e. The number of hydrogen-bond acceptors (Lipinski definition) is 3. The molecular formula is C18H15B5O3. The monoisotopic (exact) mass is 334 g/mol. The Morgan fingerprint density at radius 1 is 0.769 bits per heavy atom. The Morgan fingerprint density at radius 3 is 1.96 bits per heavy atom. The van der Waals surface area contributed by atoms with Gasteiger partial charge in [0.05, 0.1) is 11.2 Å². The second-order valence-corrected chi connectivity index (χ2v) is 7.77. The summed E-state index contributed by atoms with van der Waals surface area (Å²) in [4.78, 5) is 0. The molecule has 3 aromatic rings. The van der Waals surface area contributed by atoms with Gasteiger partial charge in [-0.15, -0.1) is 10.9 Å². The van der Waals surface area contributed by atoms with Crippen molar-refractivity contribution in [2.24, 2.45) is 0 Å². The van der Waals surface area contributed by atoms with Gasteiger partial charge in [0.15, 0.2) is 0 Å². The van der Waals surface area contributed by atoms with Crippen molar-refractivity contribution in [2.45, 2.75) is 38.9 Å². The number of rotatable bonds is 1. The average Bonchev–Trinajstić information content (AvgIpc) is 3.05. The Hall–Kier alpha value is -1.52. The van der Waals surface area contributed by atoms with Crippen molar-refractivity contribution in [1.82, 2.24) is 0 Å². The molecule has 120 valence electrons. The Balaban J connectivity index is 2.04. The lowest BCUT2D eigenvalue weighted by atomic mass is 9.65. The molecule has 3 nitrogen and oxygen atoms in total. The molecule has 2 heterocycles. The summed E-state index contributed by atoms with van der Waals surface area (Å²) in [5.41, 5.74) is 2.03. The predicted octanol–water partition coefficient (Wildman–Crippen LogP) is -0.940. The molecule has 8 heteroatoms. The lowest BCUT2D eigenvalue weighted by Gasteiger charge is -2.32. The van der Waals surface area contributed by atoms with Crippen LogP contribution in [0.4, 0.5) is 0 Å². The molecule has 1 aliphatic heterocycles. The molecule has 1 aromatic heterocycles. The maximum atomic E-state index is 6.27. The van der Waals surface area contributed by atoms with Crippen LogP contribution in [0.3, 0.4) is 0 Å². The van der Waals surface area contributed by atoms with Gasteiger partial charge >= 0.3 is 7.12 Å². The first kappa shape index (κ1) is 17.9. The van der Waals surface area contributed by atoms with Crippen LogP contribution in [0.25, 0.3) is 21.9 Å². The van der Waals surface area contributed by atoms with E-state index in [1.54, 1.807) is 0 Å². The Morgan fingerprint density at radius 2 is 1.35 bits per heavy atom. The zero-order chi connectivity index (χ0) is 19.0.